The van der Waals surface area contributed by atoms with E-state index in [0.29, 0.717) is 39.9 Å². The molecule has 4 aromatic rings. The lowest BCUT2D eigenvalue weighted by molar-refractivity contribution is 0.302. The van der Waals surface area contributed by atoms with Gasteiger partial charge < -0.3 is 4.74 Å². The van der Waals surface area contributed by atoms with Gasteiger partial charge in [-0.05, 0) is 83.4 Å². The summed E-state index contributed by atoms with van der Waals surface area (Å²) in [5, 5.41) is 1.96. The van der Waals surface area contributed by atoms with E-state index in [-0.39, 0.29) is 5.56 Å². The highest BCUT2D eigenvalue weighted by Gasteiger charge is 2.12. The molecule has 0 saturated carbocycles. The molecular weight excluding hydrogens is 523 g/mol. The van der Waals surface area contributed by atoms with E-state index >= 15 is 0 Å². The number of unbranched alkanes of at least 4 members (excludes halogenated alkanes) is 3. The van der Waals surface area contributed by atoms with Gasteiger partial charge in [0, 0.05) is 22.2 Å². The predicted octanol–water partition coefficient (Wildman–Crippen LogP) is 7.77. The molecule has 0 N–H and O–H groups in total. The molecule has 0 aliphatic carbocycles. The number of aromatic nitrogens is 2. The second kappa shape index (κ2) is 11.2. The Balaban J connectivity index is 1.39. The quantitative estimate of drug-likeness (QED) is 0.202. The Morgan fingerprint density at radius 2 is 1.61 bits per heavy atom. The molecule has 0 radical (unpaired) electrons. The first kappa shape index (κ1) is 23.8. The van der Waals surface area contributed by atoms with Crippen LogP contribution in [0.5, 0.6) is 5.75 Å². The normalized spacial score (nSPS) is 11.1. The molecule has 3 aromatic carbocycles. The third-order valence-electron chi connectivity index (χ3n) is 5.39. The molecule has 0 unspecified atom stereocenters. The standard InChI is InChI=1S/C26H23BrCl2N2O2/c27-22-17-20(29)13-14-24(22)33-16-6-2-1-5-15-31-25(18-9-11-19(28)12-10-18)30-23-8-4-3-7-21(23)26(31)32/h3-4,7-14,17H,1-2,5-6,15-16H2. The van der Waals surface area contributed by atoms with Crippen molar-refractivity contribution in [3.8, 4) is 17.1 Å². The minimum Gasteiger partial charge on any atom is -0.492 e. The first-order valence-corrected chi connectivity index (χ1v) is 12.4. The Morgan fingerprint density at radius 3 is 2.39 bits per heavy atom. The number of nitrogens with zero attached hydrogens (tertiary/aromatic N) is 2. The number of fused-ring (bicyclic) bond motifs is 1. The van der Waals surface area contributed by atoms with Crippen molar-refractivity contribution in [2.75, 3.05) is 6.61 Å². The third-order valence-corrected chi connectivity index (χ3v) is 6.50. The monoisotopic (exact) mass is 544 g/mol. The zero-order chi connectivity index (χ0) is 23.2. The Labute approximate surface area is 211 Å². The number of hydrogen-bond donors (Lipinski definition) is 0. The molecule has 4 rings (SSSR count). The van der Waals surface area contributed by atoms with E-state index in [1.54, 1.807) is 4.57 Å². The molecule has 170 valence electrons. The van der Waals surface area contributed by atoms with Crippen molar-refractivity contribution in [1.29, 1.82) is 0 Å². The highest BCUT2D eigenvalue weighted by atomic mass is 79.9. The number of halogens is 3. The van der Waals surface area contributed by atoms with Crippen LogP contribution in [0.2, 0.25) is 10.0 Å². The van der Waals surface area contributed by atoms with Crippen LogP contribution in [0.4, 0.5) is 0 Å². The molecule has 33 heavy (non-hydrogen) atoms. The van der Waals surface area contributed by atoms with Gasteiger partial charge in [-0.2, -0.15) is 0 Å². The van der Waals surface area contributed by atoms with E-state index < -0.39 is 0 Å². The van der Waals surface area contributed by atoms with Crippen LogP contribution in [0.15, 0.2) is 76.0 Å². The van der Waals surface area contributed by atoms with Gasteiger partial charge in [-0.25, -0.2) is 4.98 Å². The van der Waals surface area contributed by atoms with Gasteiger partial charge in [0.2, 0.25) is 0 Å². The summed E-state index contributed by atoms with van der Waals surface area (Å²) in [6, 6.07) is 20.4. The summed E-state index contributed by atoms with van der Waals surface area (Å²) in [6.45, 7) is 1.24. The molecule has 0 saturated heterocycles. The SMILES string of the molecule is O=c1c2ccccc2nc(-c2ccc(Cl)cc2)n1CCCCCCOc1ccc(Cl)cc1Br. The van der Waals surface area contributed by atoms with Gasteiger partial charge in [0.05, 0.1) is 22.0 Å². The highest BCUT2D eigenvalue weighted by Crippen LogP contribution is 2.28. The number of rotatable bonds is 9. The molecule has 0 atom stereocenters. The van der Waals surface area contributed by atoms with Gasteiger partial charge in [-0.15, -0.1) is 0 Å². The molecular formula is C26H23BrCl2N2O2. The maximum Gasteiger partial charge on any atom is 0.261 e. The number of hydrogen-bond acceptors (Lipinski definition) is 3. The molecule has 0 spiro atoms. The van der Waals surface area contributed by atoms with Crippen molar-refractivity contribution < 1.29 is 4.74 Å². The Morgan fingerprint density at radius 1 is 0.879 bits per heavy atom. The van der Waals surface area contributed by atoms with E-state index in [4.69, 9.17) is 32.9 Å². The van der Waals surface area contributed by atoms with E-state index in [2.05, 4.69) is 15.9 Å². The maximum absolute atomic E-state index is 13.2. The molecule has 7 heteroatoms. The summed E-state index contributed by atoms with van der Waals surface area (Å²) in [4.78, 5) is 18.0. The number of para-hydroxylation sites is 1. The largest absolute Gasteiger partial charge is 0.492 e. The first-order chi connectivity index (χ1) is 16.0. The van der Waals surface area contributed by atoms with Crippen molar-refractivity contribution in [1.82, 2.24) is 9.55 Å². The topological polar surface area (TPSA) is 44.1 Å². The van der Waals surface area contributed by atoms with Crippen molar-refractivity contribution in [3.05, 3.63) is 91.6 Å². The van der Waals surface area contributed by atoms with Crippen LogP contribution in [-0.2, 0) is 6.54 Å². The minimum absolute atomic E-state index is 0.0125. The van der Waals surface area contributed by atoms with Crippen LogP contribution < -0.4 is 10.3 Å². The van der Waals surface area contributed by atoms with E-state index in [1.807, 2.05) is 66.7 Å². The fraction of sp³-hybridized carbons (Fsp3) is 0.231. The van der Waals surface area contributed by atoms with Gasteiger partial charge in [-0.1, -0.05) is 48.2 Å². The Hall–Kier alpha value is -2.34. The van der Waals surface area contributed by atoms with Crippen molar-refractivity contribution in [2.24, 2.45) is 0 Å². The summed E-state index contributed by atoms with van der Waals surface area (Å²) in [5.74, 6) is 1.46. The lowest BCUT2D eigenvalue weighted by Crippen LogP contribution is -2.23. The van der Waals surface area contributed by atoms with E-state index in [0.717, 1.165) is 41.5 Å². The summed E-state index contributed by atoms with van der Waals surface area (Å²) < 4.78 is 8.47. The third kappa shape index (κ3) is 5.97. The van der Waals surface area contributed by atoms with E-state index in [1.165, 1.54) is 0 Å². The molecule has 0 fully saturated rings. The van der Waals surface area contributed by atoms with Crippen molar-refractivity contribution >= 4 is 50.0 Å². The molecule has 1 heterocycles. The van der Waals surface area contributed by atoms with Crippen LogP contribution in [0.1, 0.15) is 25.7 Å². The molecule has 0 aliphatic rings. The van der Waals surface area contributed by atoms with Crippen LogP contribution in [0.3, 0.4) is 0 Å². The summed E-state index contributed by atoms with van der Waals surface area (Å²) in [5.41, 5.74) is 1.57. The number of ether oxygens (including phenoxy) is 1. The summed E-state index contributed by atoms with van der Waals surface area (Å²) in [7, 11) is 0. The average molecular weight is 546 g/mol. The maximum atomic E-state index is 13.2. The number of benzene rings is 3. The zero-order valence-electron chi connectivity index (χ0n) is 17.9. The second-order valence-electron chi connectivity index (χ2n) is 7.75. The van der Waals surface area contributed by atoms with Crippen LogP contribution in [0.25, 0.3) is 22.3 Å². The van der Waals surface area contributed by atoms with Crippen LogP contribution in [0, 0.1) is 0 Å². The van der Waals surface area contributed by atoms with Gasteiger partial charge in [0.1, 0.15) is 11.6 Å². The molecule has 1 aromatic heterocycles. The predicted molar refractivity (Wildman–Crippen MR) is 140 cm³/mol. The van der Waals surface area contributed by atoms with Gasteiger partial charge in [0.25, 0.3) is 5.56 Å². The highest BCUT2D eigenvalue weighted by molar-refractivity contribution is 9.10. The van der Waals surface area contributed by atoms with E-state index in [9.17, 15) is 4.79 Å². The van der Waals surface area contributed by atoms with Crippen molar-refractivity contribution in [3.63, 3.8) is 0 Å². The molecule has 0 aliphatic heterocycles. The zero-order valence-corrected chi connectivity index (χ0v) is 21.0. The molecule has 4 nitrogen and oxygen atoms in total. The van der Waals surface area contributed by atoms with Gasteiger partial charge in [-0.3, -0.25) is 9.36 Å². The molecule has 0 bridgehead atoms. The van der Waals surface area contributed by atoms with Crippen molar-refractivity contribution in [2.45, 2.75) is 32.2 Å². The van der Waals surface area contributed by atoms with Crippen LogP contribution in [-0.4, -0.2) is 16.2 Å². The summed E-state index contributed by atoms with van der Waals surface area (Å²) in [6.07, 6.45) is 3.82. The lowest BCUT2D eigenvalue weighted by Gasteiger charge is -2.14. The lowest BCUT2D eigenvalue weighted by atomic mass is 10.1. The average Bonchev–Trinajstić information content (AvgIpc) is 2.81. The Kier molecular flexibility index (Phi) is 8.07. The first-order valence-electron chi connectivity index (χ1n) is 10.9. The smallest absolute Gasteiger partial charge is 0.261 e. The fourth-order valence-electron chi connectivity index (χ4n) is 3.69. The Bertz CT molecular complexity index is 1310. The van der Waals surface area contributed by atoms with Gasteiger partial charge >= 0.3 is 0 Å². The minimum atomic E-state index is -0.0125. The van der Waals surface area contributed by atoms with Crippen LogP contribution >= 0.6 is 39.1 Å². The fourth-order valence-corrected chi connectivity index (χ4v) is 4.62. The van der Waals surface area contributed by atoms with Gasteiger partial charge in [0.15, 0.2) is 0 Å². The molecule has 0 amide bonds. The second-order valence-corrected chi connectivity index (χ2v) is 9.48. The summed E-state index contributed by atoms with van der Waals surface area (Å²) >= 11 is 15.5.